The van der Waals surface area contributed by atoms with Crippen LogP contribution in [0.4, 0.5) is 0 Å². The van der Waals surface area contributed by atoms with Crippen molar-refractivity contribution in [3.05, 3.63) is 29.8 Å². The molecule has 2 rings (SSSR count). The normalized spacial score (nSPS) is 18.2. The molecule has 0 amide bonds. The van der Waals surface area contributed by atoms with E-state index in [0.29, 0.717) is 18.4 Å². The zero-order valence-electron chi connectivity index (χ0n) is 10.6. The Balaban J connectivity index is 1.84. The highest BCUT2D eigenvalue weighted by Crippen LogP contribution is 2.31. The molecule has 1 saturated carbocycles. The molecule has 0 heterocycles. The monoisotopic (exact) mass is 234 g/mol. The lowest BCUT2D eigenvalue weighted by Gasteiger charge is -2.21. The zero-order chi connectivity index (χ0) is 12.1. The van der Waals surface area contributed by atoms with Crippen molar-refractivity contribution in [1.29, 1.82) is 0 Å². The molecule has 0 spiro atoms. The van der Waals surface area contributed by atoms with Gasteiger partial charge in [0.1, 0.15) is 5.75 Å². The number of ether oxygens (including phenoxy) is 1. The molecule has 0 radical (unpaired) electrons. The molecule has 94 valence electrons. The summed E-state index contributed by atoms with van der Waals surface area (Å²) in [4.78, 5) is 0. The van der Waals surface area contributed by atoms with E-state index >= 15 is 0 Å². The van der Waals surface area contributed by atoms with Gasteiger partial charge in [-0.25, -0.2) is 0 Å². The largest absolute Gasteiger partial charge is 0.493 e. The number of rotatable bonds is 5. The van der Waals surface area contributed by atoms with Gasteiger partial charge in [0.25, 0.3) is 0 Å². The minimum absolute atomic E-state index is 0.247. The van der Waals surface area contributed by atoms with Crippen LogP contribution in [0.3, 0.4) is 0 Å². The van der Waals surface area contributed by atoms with Crippen LogP contribution in [-0.2, 0) is 0 Å². The van der Waals surface area contributed by atoms with E-state index in [-0.39, 0.29) is 6.61 Å². The van der Waals surface area contributed by atoms with Crippen molar-refractivity contribution >= 4 is 0 Å². The molecule has 2 nitrogen and oxygen atoms in total. The smallest absolute Gasteiger partial charge is 0.119 e. The summed E-state index contributed by atoms with van der Waals surface area (Å²) in [5, 5.41) is 9.43. The van der Waals surface area contributed by atoms with Crippen LogP contribution in [0.25, 0.3) is 0 Å². The Morgan fingerprint density at radius 1 is 1.24 bits per heavy atom. The van der Waals surface area contributed by atoms with Gasteiger partial charge in [-0.1, -0.05) is 30.5 Å². The van der Waals surface area contributed by atoms with Gasteiger partial charge < -0.3 is 9.84 Å². The number of benzene rings is 1. The van der Waals surface area contributed by atoms with Gasteiger partial charge in [-0.2, -0.15) is 0 Å². The number of aryl methyl sites for hydroxylation is 1. The highest BCUT2D eigenvalue weighted by molar-refractivity contribution is 5.26. The lowest BCUT2D eigenvalue weighted by atomic mass is 9.92. The van der Waals surface area contributed by atoms with Crippen molar-refractivity contribution in [2.75, 3.05) is 13.2 Å². The first-order valence-corrected chi connectivity index (χ1v) is 6.60. The van der Waals surface area contributed by atoms with Gasteiger partial charge in [-0.15, -0.1) is 0 Å². The SMILES string of the molecule is Cc1ccc(OCC(CO)C2CCCC2)cc1. The van der Waals surface area contributed by atoms with Crippen LogP contribution in [-0.4, -0.2) is 18.3 Å². The van der Waals surface area contributed by atoms with Crippen LogP contribution in [0.2, 0.25) is 0 Å². The Hall–Kier alpha value is -1.02. The molecule has 1 aliphatic carbocycles. The van der Waals surface area contributed by atoms with Crippen LogP contribution in [0, 0.1) is 18.8 Å². The van der Waals surface area contributed by atoms with Crippen molar-refractivity contribution in [3.8, 4) is 5.75 Å². The highest BCUT2D eigenvalue weighted by Gasteiger charge is 2.24. The third-order valence-electron chi connectivity index (χ3n) is 3.79. The summed E-state index contributed by atoms with van der Waals surface area (Å²) in [6, 6.07) is 8.11. The van der Waals surface area contributed by atoms with Gasteiger partial charge in [0, 0.05) is 12.5 Å². The fourth-order valence-electron chi connectivity index (χ4n) is 2.60. The van der Waals surface area contributed by atoms with Gasteiger partial charge in [-0.3, -0.25) is 0 Å². The van der Waals surface area contributed by atoms with Crippen molar-refractivity contribution in [1.82, 2.24) is 0 Å². The molecule has 2 heteroatoms. The van der Waals surface area contributed by atoms with Crippen LogP contribution >= 0.6 is 0 Å². The second-order valence-electron chi connectivity index (χ2n) is 5.11. The summed E-state index contributed by atoms with van der Waals surface area (Å²) in [5.41, 5.74) is 1.24. The minimum Gasteiger partial charge on any atom is -0.493 e. The summed E-state index contributed by atoms with van der Waals surface area (Å²) >= 11 is 0. The van der Waals surface area contributed by atoms with Gasteiger partial charge in [0.2, 0.25) is 0 Å². The van der Waals surface area contributed by atoms with E-state index in [9.17, 15) is 5.11 Å². The van der Waals surface area contributed by atoms with E-state index in [1.54, 1.807) is 0 Å². The second-order valence-corrected chi connectivity index (χ2v) is 5.11. The lowest BCUT2D eigenvalue weighted by molar-refractivity contribution is 0.119. The minimum atomic E-state index is 0.247. The maximum Gasteiger partial charge on any atom is 0.119 e. The quantitative estimate of drug-likeness (QED) is 0.848. The van der Waals surface area contributed by atoms with Crippen LogP contribution < -0.4 is 4.74 Å². The molecule has 1 aliphatic rings. The summed E-state index contributed by atoms with van der Waals surface area (Å²) in [5.74, 6) is 1.87. The van der Waals surface area contributed by atoms with Crippen LogP contribution in [0.5, 0.6) is 5.75 Å². The van der Waals surface area contributed by atoms with Gasteiger partial charge in [-0.05, 0) is 37.8 Å². The van der Waals surface area contributed by atoms with Crippen molar-refractivity contribution in [3.63, 3.8) is 0 Å². The van der Waals surface area contributed by atoms with Gasteiger partial charge in [0.05, 0.1) is 6.61 Å². The topological polar surface area (TPSA) is 29.5 Å². The van der Waals surface area contributed by atoms with Crippen molar-refractivity contribution < 1.29 is 9.84 Å². The molecule has 1 atom stereocenters. The molecule has 1 fully saturated rings. The molecule has 0 bridgehead atoms. The van der Waals surface area contributed by atoms with Crippen LogP contribution in [0.1, 0.15) is 31.2 Å². The maximum absolute atomic E-state index is 9.43. The number of aliphatic hydroxyl groups excluding tert-OH is 1. The molecular formula is C15H22O2. The number of aliphatic hydroxyl groups is 1. The molecule has 17 heavy (non-hydrogen) atoms. The van der Waals surface area contributed by atoms with E-state index in [1.807, 2.05) is 12.1 Å². The molecule has 1 aromatic carbocycles. The molecule has 0 saturated heterocycles. The summed E-state index contributed by atoms with van der Waals surface area (Å²) in [6.07, 6.45) is 5.13. The number of hydrogen-bond donors (Lipinski definition) is 1. The molecule has 0 aromatic heterocycles. The molecular weight excluding hydrogens is 212 g/mol. The van der Waals surface area contributed by atoms with E-state index in [2.05, 4.69) is 19.1 Å². The van der Waals surface area contributed by atoms with Gasteiger partial charge >= 0.3 is 0 Å². The van der Waals surface area contributed by atoms with Crippen LogP contribution in [0.15, 0.2) is 24.3 Å². The Kier molecular flexibility index (Phi) is 4.43. The zero-order valence-corrected chi connectivity index (χ0v) is 10.6. The van der Waals surface area contributed by atoms with Crippen molar-refractivity contribution in [2.24, 2.45) is 11.8 Å². The maximum atomic E-state index is 9.43. The van der Waals surface area contributed by atoms with E-state index in [1.165, 1.54) is 31.2 Å². The first kappa shape index (κ1) is 12.4. The Morgan fingerprint density at radius 2 is 1.88 bits per heavy atom. The van der Waals surface area contributed by atoms with Crippen molar-refractivity contribution in [2.45, 2.75) is 32.6 Å². The summed E-state index contributed by atoms with van der Waals surface area (Å²) < 4.78 is 5.77. The predicted octanol–water partition coefficient (Wildman–Crippen LogP) is 3.17. The lowest BCUT2D eigenvalue weighted by Crippen LogP contribution is -2.23. The Labute approximate surface area is 104 Å². The molecule has 1 aromatic rings. The first-order valence-electron chi connectivity index (χ1n) is 6.60. The Morgan fingerprint density at radius 3 is 2.47 bits per heavy atom. The highest BCUT2D eigenvalue weighted by atomic mass is 16.5. The van der Waals surface area contributed by atoms with E-state index < -0.39 is 0 Å². The first-order chi connectivity index (χ1) is 8.29. The summed E-state index contributed by atoms with van der Waals surface area (Å²) in [7, 11) is 0. The standard InChI is InChI=1S/C15H22O2/c1-12-6-8-15(9-7-12)17-11-14(10-16)13-4-2-3-5-13/h6-9,13-14,16H,2-5,10-11H2,1H3. The summed E-state index contributed by atoms with van der Waals surface area (Å²) in [6.45, 7) is 2.96. The molecule has 1 unspecified atom stereocenters. The third kappa shape index (κ3) is 3.47. The molecule has 0 aliphatic heterocycles. The van der Waals surface area contributed by atoms with E-state index in [4.69, 9.17) is 4.74 Å². The van der Waals surface area contributed by atoms with Gasteiger partial charge in [0.15, 0.2) is 0 Å². The predicted molar refractivity (Wildman–Crippen MR) is 69.2 cm³/mol. The van der Waals surface area contributed by atoms with E-state index in [0.717, 1.165) is 5.75 Å². The average molecular weight is 234 g/mol. The Bertz CT molecular complexity index is 325. The fraction of sp³-hybridized carbons (Fsp3) is 0.600. The number of hydrogen-bond acceptors (Lipinski definition) is 2. The third-order valence-corrected chi connectivity index (χ3v) is 3.79. The molecule has 1 N–H and O–H groups in total. The second kappa shape index (κ2) is 6.06. The average Bonchev–Trinajstić information content (AvgIpc) is 2.86. The fourth-order valence-corrected chi connectivity index (χ4v) is 2.60.